The number of carbonyl (C=O) groups is 1. The Hall–Kier alpha value is -4.40. The monoisotopic (exact) mass is 551 g/mol. The average Bonchev–Trinajstić information content (AvgIpc) is 3.45. The Balaban J connectivity index is 1.51. The normalized spacial score (nSPS) is 17.3. The van der Waals surface area contributed by atoms with Gasteiger partial charge in [0, 0.05) is 43.2 Å². The second kappa shape index (κ2) is 10.5. The third-order valence-corrected chi connectivity index (χ3v) is 8.55. The number of piperazine rings is 1. The molecule has 212 valence electrons. The zero-order valence-electron chi connectivity index (χ0n) is 24.2. The van der Waals surface area contributed by atoms with Crippen LogP contribution in [-0.4, -0.2) is 62.8 Å². The van der Waals surface area contributed by atoms with E-state index in [9.17, 15) is 9.59 Å². The molecule has 1 N–H and O–H groups in total. The van der Waals surface area contributed by atoms with Crippen LogP contribution in [0.1, 0.15) is 49.1 Å². The lowest BCUT2D eigenvalue weighted by molar-refractivity contribution is -0.126. The largest absolute Gasteiger partial charge is 0.365 e. The minimum atomic E-state index is -0.274. The van der Waals surface area contributed by atoms with E-state index in [4.69, 9.17) is 4.98 Å². The molecule has 2 aromatic carbocycles. The number of para-hydroxylation sites is 1. The standard InChI is InChI=1S/C32H37N7O2/c1-6-29(40)36-15-16-38(22(5)18-36)31-24-13-14-37(30-21(4)11-12-26-25(30)17-33-35-26)19-28(24)39(32(41)34-31)27-10-8-7-9-23(27)20(2)3/h6-12,17,20,22H,1,13-16,18-19H2,2-5H3,(H,33,35)/t22-/m0/s1. The van der Waals surface area contributed by atoms with Gasteiger partial charge in [-0.2, -0.15) is 10.1 Å². The van der Waals surface area contributed by atoms with Crippen molar-refractivity contribution < 1.29 is 4.79 Å². The Morgan fingerprint density at radius 3 is 2.71 bits per heavy atom. The van der Waals surface area contributed by atoms with Crippen LogP contribution in [0.25, 0.3) is 16.6 Å². The van der Waals surface area contributed by atoms with Gasteiger partial charge >= 0.3 is 5.69 Å². The first kappa shape index (κ1) is 26.8. The number of hydrogen-bond acceptors (Lipinski definition) is 6. The number of aromatic nitrogens is 4. The summed E-state index contributed by atoms with van der Waals surface area (Å²) in [5, 5.41) is 8.48. The number of rotatable bonds is 5. The molecule has 0 spiro atoms. The molecule has 0 bridgehead atoms. The molecule has 1 atom stereocenters. The van der Waals surface area contributed by atoms with Crippen LogP contribution in [0.4, 0.5) is 11.5 Å². The summed E-state index contributed by atoms with van der Waals surface area (Å²) in [7, 11) is 0. The van der Waals surface area contributed by atoms with Crippen molar-refractivity contribution in [3.63, 3.8) is 0 Å². The second-order valence-electron chi connectivity index (χ2n) is 11.5. The minimum Gasteiger partial charge on any atom is -0.365 e. The van der Waals surface area contributed by atoms with Gasteiger partial charge in [0.15, 0.2) is 0 Å². The molecule has 4 heterocycles. The molecule has 9 nitrogen and oxygen atoms in total. The molecule has 1 amide bonds. The summed E-state index contributed by atoms with van der Waals surface area (Å²) >= 11 is 0. The number of carbonyl (C=O) groups excluding carboxylic acids is 1. The topological polar surface area (TPSA) is 90.4 Å². The van der Waals surface area contributed by atoms with Gasteiger partial charge in [0.2, 0.25) is 5.91 Å². The van der Waals surface area contributed by atoms with E-state index in [1.165, 1.54) is 11.6 Å². The van der Waals surface area contributed by atoms with E-state index in [-0.39, 0.29) is 23.6 Å². The highest BCUT2D eigenvalue weighted by molar-refractivity contribution is 5.93. The first-order valence-electron chi connectivity index (χ1n) is 14.4. The fraction of sp³-hybridized carbons (Fsp3) is 0.375. The maximum absolute atomic E-state index is 14.1. The van der Waals surface area contributed by atoms with Crippen molar-refractivity contribution in [2.45, 2.75) is 52.6 Å². The van der Waals surface area contributed by atoms with E-state index in [0.717, 1.165) is 57.9 Å². The third kappa shape index (κ3) is 4.59. The second-order valence-corrected chi connectivity index (χ2v) is 11.5. The molecule has 41 heavy (non-hydrogen) atoms. The van der Waals surface area contributed by atoms with Crippen molar-refractivity contribution in [2.75, 3.05) is 36.0 Å². The van der Waals surface area contributed by atoms with Crippen molar-refractivity contribution in [3.05, 3.63) is 88.1 Å². The first-order chi connectivity index (χ1) is 19.8. The van der Waals surface area contributed by atoms with Crippen LogP contribution in [0, 0.1) is 6.92 Å². The van der Waals surface area contributed by atoms with Crippen molar-refractivity contribution >= 4 is 28.3 Å². The molecule has 6 rings (SSSR count). The van der Waals surface area contributed by atoms with Gasteiger partial charge in [-0.15, -0.1) is 0 Å². The Bertz CT molecular complexity index is 1700. The van der Waals surface area contributed by atoms with Crippen LogP contribution < -0.4 is 15.5 Å². The number of fused-ring (bicyclic) bond motifs is 2. The van der Waals surface area contributed by atoms with Crippen LogP contribution >= 0.6 is 0 Å². The third-order valence-electron chi connectivity index (χ3n) is 8.55. The van der Waals surface area contributed by atoms with Crippen molar-refractivity contribution in [1.82, 2.24) is 24.6 Å². The molecule has 0 unspecified atom stereocenters. The molecule has 4 aromatic rings. The average molecular weight is 552 g/mol. The smallest absolute Gasteiger partial charge is 0.354 e. The Kier molecular flexibility index (Phi) is 6.89. The summed E-state index contributed by atoms with van der Waals surface area (Å²) in [6, 6.07) is 12.3. The zero-order chi connectivity index (χ0) is 28.8. The minimum absolute atomic E-state index is 0.0161. The summed E-state index contributed by atoms with van der Waals surface area (Å²) in [5.74, 6) is 0.927. The van der Waals surface area contributed by atoms with E-state index in [2.05, 4.69) is 72.5 Å². The summed E-state index contributed by atoms with van der Waals surface area (Å²) in [5.41, 5.74) is 7.10. The van der Waals surface area contributed by atoms with E-state index >= 15 is 0 Å². The van der Waals surface area contributed by atoms with Gasteiger partial charge in [0.1, 0.15) is 5.82 Å². The highest BCUT2D eigenvalue weighted by Gasteiger charge is 2.33. The molecule has 1 fully saturated rings. The van der Waals surface area contributed by atoms with Crippen molar-refractivity contribution in [3.8, 4) is 5.69 Å². The molecular formula is C32H37N7O2. The molecule has 2 aliphatic heterocycles. The van der Waals surface area contributed by atoms with Crippen LogP contribution in [0.5, 0.6) is 0 Å². The molecular weight excluding hydrogens is 514 g/mol. The maximum atomic E-state index is 14.1. The number of nitrogens with one attached hydrogen (secondary N) is 1. The van der Waals surface area contributed by atoms with Crippen LogP contribution in [0.3, 0.4) is 0 Å². The number of nitrogens with zero attached hydrogens (tertiary/aromatic N) is 6. The van der Waals surface area contributed by atoms with Gasteiger partial charge in [-0.05, 0) is 55.5 Å². The number of aromatic amines is 1. The summed E-state index contributed by atoms with van der Waals surface area (Å²) < 4.78 is 1.84. The van der Waals surface area contributed by atoms with Gasteiger partial charge in [0.25, 0.3) is 0 Å². The van der Waals surface area contributed by atoms with Crippen LogP contribution in [0.2, 0.25) is 0 Å². The molecule has 2 aromatic heterocycles. The molecule has 0 aliphatic carbocycles. The summed E-state index contributed by atoms with van der Waals surface area (Å²) in [6.45, 7) is 15.3. The predicted octanol–water partition coefficient (Wildman–Crippen LogP) is 4.33. The number of H-pyrrole nitrogens is 1. The van der Waals surface area contributed by atoms with Crippen molar-refractivity contribution in [1.29, 1.82) is 0 Å². The van der Waals surface area contributed by atoms with E-state index in [1.54, 1.807) is 0 Å². The Morgan fingerprint density at radius 2 is 1.95 bits per heavy atom. The fourth-order valence-electron chi connectivity index (χ4n) is 6.51. The van der Waals surface area contributed by atoms with Crippen LogP contribution in [0.15, 0.2) is 60.0 Å². The molecule has 2 aliphatic rings. The lowest BCUT2D eigenvalue weighted by atomic mass is 9.98. The molecule has 0 radical (unpaired) electrons. The van der Waals surface area contributed by atoms with Gasteiger partial charge in [-0.1, -0.05) is 44.7 Å². The lowest BCUT2D eigenvalue weighted by Crippen LogP contribution is -2.54. The molecule has 1 saturated heterocycles. The SMILES string of the molecule is C=CC(=O)N1CCN(c2nc(=O)n(-c3ccccc3C(C)C)c3c2CCN(c2c(C)ccc4[nH]ncc24)C3)[C@@H](C)C1. The Morgan fingerprint density at radius 1 is 1.15 bits per heavy atom. The molecule has 0 saturated carbocycles. The molecule has 9 heteroatoms. The quantitative estimate of drug-likeness (QED) is 0.372. The predicted molar refractivity (Wildman–Crippen MR) is 163 cm³/mol. The van der Waals surface area contributed by atoms with E-state index in [0.29, 0.717) is 26.2 Å². The zero-order valence-corrected chi connectivity index (χ0v) is 24.2. The van der Waals surface area contributed by atoms with Gasteiger partial charge in [0.05, 0.1) is 35.3 Å². The lowest BCUT2D eigenvalue weighted by Gasteiger charge is -2.42. The van der Waals surface area contributed by atoms with Crippen molar-refractivity contribution in [2.24, 2.45) is 0 Å². The number of amides is 1. The van der Waals surface area contributed by atoms with E-state index < -0.39 is 0 Å². The number of hydrogen-bond donors (Lipinski definition) is 1. The number of benzene rings is 2. The highest BCUT2D eigenvalue weighted by Crippen LogP contribution is 2.36. The summed E-state index contributed by atoms with van der Waals surface area (Å²) in [6.07, 6.45) is 4.00. The summed E-state index contributed by atoms with van der Waals surface area (Å²) in [4.78, 5) is 37.5. The van der Waals surface area contributed by atoms with Gasteiger partial charge in [-0.25, -0.2) is 4.79 Å². The van der Waals surface area contributed by atoms with E-state index in [1.807, 2.05) is 33.9 Å². The van der Waals surface area contributed by atoms with Crippen LogP contribution in [-0.2, 0) is 17.8 Å². The fourth-order valence-corrected chi connectivity index (χ4v) is 6.51. The van der Waals surface area contributed by atoms with Gasteiger partial charge < -0.3 is 14.7 Å². The Labute approximate surface area is 240 Å². The number of aryl methyl sites for hydroxylation is 1. The highest BCUT2D eigenvalue weighted by atomic mass is 16.2. The van der Waals surface area contributed by atoms with Gasteiger partial charge in [-0.3, -0.25) is 14.5 Å². The first-order valence-corrected chi connectivity index (χ1v) is 14.4. The number of anilines is 2. The maximum Gasteiger partial charge on any atom is 0.354 e.